The zero-order valence-corrected chi connectivity index (χ0v) is 16.5. The van der Waals surface area contributed by atoms with Crippen LogP contribution in [0.15, 0.2) is 24.3 Å². The van der Waals surface area contributed by atoms with Gasteiger partial charge in [0, 0.05) is 37.9 Å². The van der Waals surface area contributed by atoms with Crippen molar-refractivity contribution in [2.24, 2.45) is 7.05 Å². The largest absolute Gasteiger partial charge is 0.497 e. The first-order valence-corrected chi connectivity index (χ1v) is 9.23. The Kier molecular flexibility index (Phi) is 5.53. The highest BCUT2D eigenvalue weighted by atomic mass is 35.5. The van der Waals surface area contributed by atoms with Crippen LogP contribution in [0, 0.1) is 0 Å². The number of methoxy groups -OCH3 is 1. The van der Waals surface area contributed by atoms with Crippen LogP contribution in [-0.2, 0) is 24.8 Å². The predicted molar refractivity (Wildman–Crippen MR) is 103 cm³/mol. The van der Waals surface area contributed by atoms with Crippen LogP contribution in [0.5, 0.6) is 5.75 Å². The number of nitrogens with zero attached hydrogens (tertiary/aromatic N) is 4. The summed E-state index contributed by atoms with van der Waals surface area (Å²) in [5.74, 6) is 0.880. The predicted octanol–water partition coefficient (Wildman–Crippen LogP) is 2.88. The van der Waals surface area contributed by atoms with Crippen LogP contribution in [0.25, 0.3) is 0 Å². The maximum absolute atomic E-state index is 12.9. The lowest BCUT2D eigenvalue weighted by Crippen LogP contribution is -2.55. The number of amides is 1. The number of carbonyl (C=O) groups is 1. The average Bonchev–Trinajstić information content (AvgIpc) is 2.93. The molecule has 0 unspecified atom stereocenters. The molecule has 3 rings (SSSR count). The van der Waals surface area contributed by atoms with Crippen molar-refractivity contribution >= 4 is 23.2 Å². The Labute approximate surface area is 159 Å². The Morgan fingerprint density at radius 1 is 1.27 bits per heavy atom. The molecule has 0 bridgehead atoms. The summed E-state index contributed by atoms with van der Waals surface area (Å²) in [7, 11) is 3.48. The molecular formula is C19H25ClN4O2. The van der Waals surface area contributed by atoms with Crippen LogP contribution in [0.2, 0.25) is 5.15 Å². The number of halogens is 1. The topological polar surface area (TPSA) is 50.6 Å². The molecule has 0 radical (unpaired) electrons. The monoisotopic (exact) mass is 376 g/mol. The first-order chi connectivity index (χ1) is 12.5. The maximum Gasteiger partial charge on any atom is 0.244 e. The van der Waals surface area contributed by atoms with Crippen LogP contribution in [-0.4, -0.2) is 46.8 Å². The van der Waals surface area contributed by atoms with E-state index in [0.29, 0.717) is 18.2 Å². The Balaban J connectivity index is 1.75. The Morgan fingerprint density at radius 2 is 1.96 bits per heavy atom. The van der Waals surface area contributed by atoms with Gasteiger partial charge >= 0.3 is 0 Å². The van der Waals surface area contributed by atoms with Gasteiger partial charge in [-0.05, 0) is 37.6 Å². The zero-order chi connectivity index (χ0) is 18.8. The molecular weight excluding hydrogens is 352 g/mol. The van der Waals surface area contributed by atoms with Crippen LogP contribution in [0.3, 0.4) is 0 Å². The van der Waals surface area contributed by atoms with Crippen molar-refractivity contribution in [3.63, 3.8) is 0 Å². The van der Waals surface area contributed by atoms with Gasteiger partial charge in [0.15, 0.2) is 0 Å². The quantitative estimate of drug-likeness (QED) is 0.805. The number of hydrogen-bond acceptors (Lipinski definition) is 4. The summed E-state index contributed by atoms with van der Waals surface area (Å²) < 4.78 is 6.90. The second kappa shape index (κ2) is 7.68. The molecule has 2 aromatic rings. The Morgan fingerprint density at radius 3 is 2.58 bits per heavy atom. The normalized spacial score (nSPS) is 18.4. The van der Waals surface area contributed by atoms with E-state index in [2.05, 4.69) is 16.9 Å². The maximum atomic E-state index is 12.9. The van der Waals surface area contributed by atoms with Gasteiger partial charge in [0.1, 0.15) is 10.9 Å². The number of aryl methyl sites for hydroxylation is 2. The molecule has 1 atom stereocenters. The van der Waals surface area contributed by atoms with E-state index >= 15 is 0 Å². The first-order valence-electron chi connectivity index (χ1n) is 8.86. The number of rotatable bonds is 5. The van der Waals surface area contributed by atoms with Crippen LogP contribution in [0.1, 0.15) is 25.1 Å². The molecule has 1 aromatic heterocycles. The van der Waals surface area contributed by atoms with E-state index in [0.717, 1.165) is 35.7 Å². The summed E-state index contributed by atoms with van der Waals surface area (Å²) in [5, 5.41) is 5.12. The summed E-state index contributed by atoms with van der Waals surface area (Å²) >= 11 is 6.42. The number of anilines is 1. The van der Waals surface area contributed by atoms with E-state index in [-0.39, 0.29) is 11.9 Å². The lowest BCUT2D eigenvalue weighted by molar-refractivity contribution is -0.125. The van der Waals surface area contributed by atoms with Crippen molar-refractivity contribution in [2.45, 2.75) is 32.9 Å². The summed E-state index contributed by atoms with van der Waals surface area (Å²) in [6.45, 7) is 6.09. The van der Waals surface area contributed by atoms with E-state index in [1.807, 2.05) is 43.1 Å². The number of ether oxygens (including phenoxy) is 1. The van der Waals surface area contributed by atoms with E-state index in [4.69, 9.17) is 16.3 Å². The van der Waals surface area contributed by atoms with E-state index in [9.17, 15) is 4.79 Å². The van der Waals surface area contributed by atoms with Crippen molar-refractivity contribution in [1.29, 1.82) is 0 Å². The van der Waals surface area contributed by atoms with Crippen molar-refractivity contribution in [2.75, 3.05) is 25.1 Å². The third-order valence-corrected chi connectivity index (χ3v) is 5.49. The van der Waals surface area contributed by atoms with Gasteiger partial charge in [-0.2, -0.15) is 5.10 Å². The molecule has 1 saturated heterocycles. The van der Waals surface area contributed by atoms with Crippen molar-refractivity contribution < 1.29 is 9.53 Å². The van der Waals surface area contributed by atoms with Crippen LogP contribution in [0.4, 0.5) is 5.69 Å². The Hall–Kier alpha value is -2.05. The third kappa shape index (κ3) is 3.44. The Bertz CT molecular complexity index is 788. The molecule has 1 amide bonds. The van der Waals surface area contributed by atoms with E-state index in [1.54, 1.807) is 11.8 Å². The molecule has 1 aliphatic heterocycles. The lowest BCUT2D eigenvalue weighted by atomic mass is 10.1. The molecule has 1 aliphatic rings. The summed E-state index contributed by atoms with van der Waals surface area (Å²) in [4.78, 5) is 16.9. The van der Waals surface area contributed by atoms with Gasteiger partial charge in [-0.25, -0.2) is 0 Å². The summed E-state index contributed by atoms with van der Waals surface area (Å²) in [6.07, 6.45) is 0.823. The number of hydrogen-bond donors (Lipinski definition) is 0. The van der Waals surface area contributed by atoms with Crippen molar-refractivity contribution in [1.82, 2.24) is 14.7 Å². The lowest BCUT2D eigenvalue weighted by Gasteiger charge is -2.39. The molecule has 1 fully saturated rings. The smallest absolute Gasteiger partial charge is 0.244 e. The average molecular weight is 377 g/mol. The van der Waals surface area contributed by atoms with Crippen LogP contribution >= 0.6 is 11.6 Å². The first kappa shape index (κ1) is 18.7. The number of aromatic nitrogens is 2. The summed E-state index contributed by atoms with van der Waals surface area (Å²) in [5.41, 5.74) is 2.92. The molecule has 7 heteroatoms. The molecule has 1 aromatic carbocycles. The number of piperazine rings is 1. The molecule has 6 nitrogen and oxygen atoms in total. The van der Waals surface area contributed by atoms with Gasteiger partial charge in [0.25, 0.3) is 0 Å². The molecule has 0 saturated carbocycles. The fourth-order valence-corrected chi connectivity index (χ4v) is 3.60. The van der Waals surface area contributed by atoms with Gasteiger partial charge in [0.2, 0.25) is 5.91 Å². The SMILES string of the molecule is CCc1nn(C)c(Cl)c1CN1CCN(c2ccc(OC)cc2)C(=O)[C@H]1C. The highest BCUT2D eigenvalue weighted by Gasteiger charge is 2.33. The molecule has 2 heterocycles. The van der Waals surface area contributed by atoms with Crippen molar-refractivity contribution in [3.8, 4) is 5.75 Å². The summed E-state index contributed by atoms with van der Waals surface area (Å²) in [6, 6.07) is 7.39. The standard InChI is InChI=1S/C19H25ClN4O2/c1-5-17-16(18(20)22(3)21-17)12-23-10-11-24(19(25)13(23)2)14-6-8-15(26-4)9-7-14/h6-9,13H,5,10-12H2,1-4H3/t13-/m1/s1. The van der Waals surface area contributed by atoms with Gasteiger partial charge < -0.3 is 9.64 Å². The van der Waals surface area contributed by atoms with Crippen LogP contribution < -0.4 is 9.64 Å². The van der Waals surface area contributed by atoms with Gasteiger partial charge in [-0.3, -0.25) is 14.4 Å². The van der Waals surface area contributed by atoms with E-state index < -0.39 is 0 Å². The molecule has 140 valence electrons. The second-order valence-electron chi connectivity index (χ2n) is 6.53. The number of benzene rings is 1. The van der Waals surface area contributed by atoms with E-state index in [1.165, 1.54) is 0 Å². The fraction of sp³-hybridized carbons (Fsp3) is 0.474. The number of carbonyl (C=O) groups excluding carboxylic acids is 1. The van der Waals surface area contributed by atoms with Gasteiger partial charge in [-0.1, -0.05) is 18.5 Å². The minimum absolute atomic E-state index is 0.0967. The zero-order valence-electron chi connectivity index (χ0n) is 15.7. The molecule has 26 heavy (non-hydrogen) atoms. The molecule has 0 N–H and O–H groups in total. The molecule has 0 aliphatic carbocycles. The van der Waals surface area contributed by atoms with Crippen molar-refractivity contribution in [3.05, 3.63) is 40.7 Å². The molecule has 0 spiro atoms. The minimum Gasteiger partial charge on any atom is -0.497 e. The highest BCUT2D eigenvalue weighted by Crippen LogP contribution is 2.27. The third-order valence-electron chi connectivity index (χ3n) is 5.01. The minimum atomic E-state index is -0.216. The van der Waals surface area contributed by atoms with Gasteiger partial charge in [0.05, 0.1) is 18.8 Å². The highest BCUT2D eigenvalue weighted by molar-refractivity contribution is 6.30. The fourth-order valence-electron chi connectivity index (χ4n) is 3.39. The van der Waals surface area contributed by atoms with Gasteiger partial charge in [-0.15, -0.1) is 0 Å². The second-order valence-corrected chi connectivity index (χ2v) is 6.89.